The molecule has 18 heavy (non-hydrogen) atoms. The van der Waals surface area contributed by atoms with Crippen LogP contribution in [0.1, 0.15) is 30.9 Å². The summed E-state index contributed by atoms with van der Waals surface area (Å²) in [6, 6.07) is 0. The number of hydrogen-bond donors (Lipinski definition) is 0. The first-order valence-corrected chi connectivity index (χ1v) is 13.1. The Labute approximate surface area is 118 Å². The third-order valence-electron chi connectivity index (χ3n) is 3.43. The molecular formula is C12H22N2P4. The van der Waals surface area contributed by atoms with Crippen molar-refractivity contribution < 1.29 is 0 Å². The van der Waals surface area contributed by atoms with Gasteiger partial charge < -0.3 is 0 Å². The number of hydrogen-bond acceptors (Lipinski definition) is 2. The third kappa shape index (κ3) is 3.69. The largest absolute Gasteiger partial charge is 0.299 e. The average molecular weight is 318 g/mol. The van der Waals surface area contributed by atoms with Crippen molar-refractivity contribution in [1.82, 2.24) is 9.88 Å². The van der Waals surface area contributed by atoms with E-state index in [0.717, 1.165) is 14.5 Å². The van der Waals surface area contributed by atoms with Crippen molar-refractivity contribution >= 4 is 38.4 Å². The van der Waals surface area contributed by atoms with Crippen molar-refractivity contribution in [3.63, 3.8) is 0 Å². The molecule has 0 aliphatic carbocycles. The van der Waals surface area contributed by atoms with Crippen LogP contribution in [0.3, 0.4) is 0 Å². The summed E-state index contributed by atoms with van der Waals surface area (Å²) >= 11 is 0. The normalized spacial score (nSPS) is 18.2. The molecule has 0 amide bonds. The van der Waals surface area contributed by atoms with E-state index in [4.69, 9.17) is 0 Å². The molecule has 6 heteroatoms. The number of aromatic nitrogens is 1. The lowest BCUT2D eigenvalue weighted by molar-refractivity contribution is 0.251. The number of pyridine rings is 1. The van der Waals surface area contributed by atoms with Gasteiger partial charge in [0.05, 0.1) is 0 Å². The Morgan fingerprint density at radius 1 is 1.50 bits per heavy atom. The Morgan fingerprint density at radius 2 is 2.33 bits per heavy atom. The van der Waals surface area contributed by atoms with Crippen LogP contribution >= 0.6 is 33.1 Å². The summed E-state index contributed by atoms with van der Waals surface area (Å²) in [5.41, 5.74) is 3.06. The molecule has 4 unspecified atom stereocenters. The Morgan fingerprint density at radius 3 is 3.06 bits per heavy atom. The van der Waals surface area contributed by atoms with Gasteiger partial charge in [-0.05, 0) is 37.8 Å². The van der Waals surface area contributed by atoms with Gasteiger partial charge in [-0.2, -0.15) is 0 Å². The van der Waals surface area contributed by atoms with Crippen molar-refractivity contribution in [1.29, 1.82) is 0 Å². The fourth-order valence-electron chi connectivity index (χ4n) is 2.35. The van der Waals surface area contributed by atoms with E-state index in [1.165, 1.54) is 43.2 Å². The van der Waals surface area contributed by atoms with E-state index in [1.807, 2.05) is 0 Å². The van der Waals surface area contributed by atoms with Gasteiger partial charge in [-0.15, -0.1) is 17.9 Å². The molecule has 4 atom stereocenters. The van der Waals surface area contributed by atoms with Crippen LogP contribution in [-0.2, 0) is 13.0 Å². The van der Waals surface area contributed by atoms with Gasteiger partial charge in [0.25, 0.3) is 0 Å². The molecule has 0 saturated carbocycles. The van der Waals surface area contributed by atoms with E-state index in [-0.39, 0.29) is 7.30 Å². The molecule has 2 heterocycles. The first-order chi connectivity index (χ1) is 8.76. The van der Waals surface area contributed by atoms with Gasteiger partial charge in [0.1, 0.15) is 0 Å². The highest BCUT2D eigenvalue weighted by Crippen LogP contribution is 2.65. The summed E-state index contributed by atoms with van der Waals surface area (Å²) in [6.07, 6.45) is 7.95. The number of unbranched alkanes of at least 4 members (excludes halogenated alkanes) is 1. The minimum absolute atomic E-state index is 0.102. The van der Waals surface area contributed by atoms with Gasteiger partial charge in [0.15, 0.2) is 0 Å². The van der Waals surface area contributed by atoms with Crippen LogP contribution in [0.15, 0.2) is 12.4 Å². The Hall–Kier alpha value is 0.830. The number of fused-ring (bicyclic) bond motifs is 1. The second-order valence-corrected chi connectivity index (χ2v) is 13.8. The molecule has 0 bridgehead atoms. The zero-order chi connectivity index (χ0) is 13.0. The Bertz CT molecular complexity index is 400. The van der Waals surface area contributed by atoms with Gasteiger partial charge in [-0.1, -0.05) is 21.3 Å². The highest BCUT2D eigenvalue weighted by molar-refractivity contribution is 8.63. The van der Waals surface area contributed by atoms with E-state index >= 15 is 0 Å². The van der Waals surface area contributed by atoms with Gasteiger partial charge in [-0.25, -0.2) is 0 Å². The lowest BCUT2D eigenvalue weighted by Crippen LogP contribution is -2.34. The summed E-state index contributed by atoms with van der Waals surface area (Å²) in [5.74, 6) is 0. The first-order valence-electron chi connectivity index (χ1n) is 6.45. The molecule has 1 aliphatic rings. The predicted octanol–water partition coefficient (Wildman–Crippen LogP) is 3.52. The van der Waals surface area contributed by atoms with Crippen LogP contribution < -0.4 is 5.30 Å². The smallest absolute Gasteiger partial charge is 0.0355 e. The van der Waals surface area contributed by atoms with Crippen LogP contribution in [0, 0.1) is 0 Å². The second-order valence-electron chi connectivity index (χ2n) is 4.68. The monoisotopic (exact) mass is 318 g/mol. The van der Waals surface area contributed by atoms with Gasteiger partial charge in [0.2, 0.25) is 0 Å². The third-order valence-corrected chi connectivity index (χ3v) is 13.5. The van der Waals surface area contributed by atoms with Gasteiger partial charge >= 0.3 is 0 Å². The molecule has 100 valence electrons. The molecular weight excluding hydrogens is 296 g/mol. The van der Waals surface area contributed by atoms with Crippen LogP contribution in [-0.4, -0.2) is 23.0 Å². The summed E-state index contributed by atoms with van der Waals surface area (Å²) in [5, 5.41) is 1.50. The maximum atomic E-state index is 4.43. The minimum Gasteiger partial charge on any atom is -0.299 e. The lowest BCUT2D eigenvalue weighted by atomic mass is 10.0. The summed E-state index contributed by atoms with van der Waals surface area (Å²) < 4.78 is 0. The van der Waals surface area contributed by atoms with Crippen LogP contribution in [0.5, 0.6) is 0 Å². The van der Waals surface area contributed by atoms with Crippen molar-refractivity contribution in [2.45, 2.75) is 32.7 Å². The molecule has 0 aromatic carbocycles. The van der Waals surface area contributed by atoms with Crippen LogP contribution in [0.25, 0.3) is 0 Å². The topological polar surface area (TPSA) is 16.1 Å². The highest BCUT2D eigenvalue weighted by atomic mass is 32.6. The lowest BCUT2D eigenvalue weighted by Gasteiger charge is -2.30. The zero-order valence-electron chi connectivity index (χ0n) is 10.9. The standard InChI is InChI=1S/C12H22N2P4/c1-2-3-5-14-6-4-10-7-13-8-12(11(10)9-14)18(16)17-15/h7-8,17H,2-6,9,15-16H2,1H3. The van der Waals surface area contributed by atoms with Crippen molar-refractivity contribution in [2.24, 2.45) is 0 Å². The van der Waals surface area contributed by atoms with E-state index in [0.29, 0.717) is 0 Å². The number of rotatable bonds is 5. The minimum atomic E-state index is -0.102. The van der Waals surface area contributed by atoms with E-state index < -0.39 is 0 Å². The molecule has 0 radical (unpaired) electrons. The SMILES string of the molecule is CCCCN1CCc2cncc(P(P)PP)c2C1. The fourth-order valence-corrected chi connectivity index (χ4v) is 6.10. The molecule has 1 aromatic rings. The number of nitrogens with zero attached hydrogens (tertiary/aromatic N) is 2. The maximum absolute atomic E-state index is 4.43. The summed E-state index contributed by atoms with van der Waals surface area (Å²) in [7, 11) is 6.73. The maximum Gasteiger partial charge on any atom is 0.0355 e. The summed E-state index contributed by atoms with van der Waals surface area (Å²) in [4.78, 5) is 7.04. The van der Waals surface area contributed by atoms with Crippen molar-refractivity contribution in [3.8, 4) is 0 Å². The van der Waals surface area contributed by atoms with E-state index in [1.54, 1.807) is 5.56 Å². The molecule has 0 saturated heterocycles. The molecule has 2 rings (SSSR count). The second kappa shape index (κ2) is 7.57. The Balaban J connectivity index is 2.18. The van der Waals surface area contributed by atoms with E-state index in [2.05, 4.69) is 47.1 Å². The Kier molecular flexibility index (Phi) is 6.40. The first kappa shape index (κ1) is 15.2. The zero-order valence-corrected chi connectivity index (χ0v) is 15.1. The van der Waals surface area contributed by atoms with Crippen LogP contribution in [0.4, 0.5) is 0 Å². The van der Waals surface area contributed by atoms with Gasteiger partial charge in [0, 0.05) is 30.8 Å². The predicted molar refractivity (Wildman–Crippen MR) is 92.4 cm³/mol. The summed E-state index contributed by atoms with van der Waals surface area (Å²) in [6.45, 7) is 5.85. The van der Waals surface area contributed by atoms with Crippen LogP contribution in [0.2, 0.25) is 0 Å². The molecule has 2 nitrogen and oxygen atoms in total. The molecule has 0 fully saturated rings. The fraction of sp³-hybridized carbons (Fsp3) is 0.583. The molecule has 1 aromatic heterocycles. The molecule has 0 N–H and O–H groups in total. The quantitative estimate of drug-likeness (QED) is 0.772. The van der Waals surface area contributed by atoms with Crippen molar-refractivity contribution in [3.05, 3.63) is 23.5 Å². The molecule has 1 aliphatic heterocycles. The van der Waals surface area contributed by atoms with Gasteiger partial charge in [-0.3, -0.25) is 9.88 Å². The highest BCUT2D eigenvalue weighted by Gasteiger charge is 2.20. The molecule has 0 spiro atoms. The van der Waals surface area contributed by atoms with Crippen molar-refractivity contribution in [2.75, 3.05) is 13.1 Å². The van der Waals surface area contributed by atoms with E-state index in [9.17, 15) is 0 Å². The average Bonchev–Trinajstić information content (AvgIpc) is 2.43.